The molecule has 1 saturated heterocycles. The first-order valence-corrected chi connectivity index (χ1v) is 5.98. The van der Waals surface area contributed by atoms with Gasteiger partial charge in [-0.3, -0.25) is 0 Å². The van der Waals surface area contributed by atoms with E-state index in [9.17, 15) is 4.39 Å². The predicted molar refractivity (Wildman–Crippen MR) is 63.7 cm³/mol. The molecule has 2 rings (SSSR count). The lowest BCUT2D eigenvalue weighted by Crippen LogP contribution is -2.37. The van der Waals surface area contributed by atoms with Crippen molar-refractivity contribution in [3.8, 4) is 0 Å². The molecule has 1 atom stereocenters. The smallest absolute Gasteiger partial charge is 0.142 e. The summed E-state index contributed by atoms with van der Waals surface area (Å²) in [6.45, 7) is 3.09. The van der Waals surface area contributed by atoms with Gasteiger partial charge >= 0.3 is 0 Å². The molecule has 1 heterocycles. The molecule has 1 aliphatic rings. The van der Waals surface area contributed by atoms with Crippen molar-refractivity contribution in [1.82, 2.24) is 5.32 Å². The van der Waals surface area contributed by atoms with E-state index in [0.717, 1.165) is 5.56 Å². The number of benzene rings is 1. The summed E-state index contributed by atoms with van der Waals surface area (Å²) in [6.07, 6.45) is 0.0658. The summed E-state index contributed by atoms with van der Waals surface area (Å²) in [5.74, 6) is -0.386. The number of rotatable bonds is 4. The molecule has 1 aromatic carbocycles. The quantitative estimate of drug-likeness (QED) is 0.897. The van der Waals surface area contributed by atoms with Crippen molar-refractivity contribution in [3.63, 3.8) is 0 Å². The van der Waals surface area contributed by atoms with Gasteiger partial charge in [0.15, 0.2) is 0 Å². The van der Waals surface area contributed by atoms with Crippen molar-refractivity contribution in [2.45, 2.75) is 12.6 Å². The van der Waals surface area contributed by atoms with Crippen LogP contribution in [0.5, 0.6) is 0 Å². The first kappa shape index (κ1) is 12.8. The third kappa shape index (κ3) is 3.64. The maximum Gasteiger partial charge on any atom is 0.142 e. The van der Waals surface area contributed by atoms with Crippen LogP contribution >= 0.6 is 11.6 Å². The Morgan fingerprint density at radius 2 is 2.29 bits per heavy atom. The van der Waals surface area contributed by atoms with Crippen molar-refractivity contribution >= 4 is 11.6 Å². The van der Waals surface area contributed by atoms with Crippen molar-refractivity contribution in [2.24, 2.45) is 0 Å². The summed E-state index contributed by atoms with van der Waals surface area (Å²) in [7, 11) is 0. The summed E-state index contributed by atoms with van der Waals surface area (Å²) >= 11 is 5.84. The van der Waals surface area contributed by atoms with Crippen molar-refractivity contribution in [1.29, 1.82) is 0 Å². The molecule has 0 aromatic heterocycles. The molecular weight excluding hydrogens is 245 g/mol. The van der Waals surface area contributed by atoms with Gasteiger partial charge in [-0.1, -0.05) is 23.7 Å². The van der Waals surface area contributed by atoms with Crippen molar-refractivity contribution in [3.05, 3.63) is 34.6 Å². The van der Waals surface area contributed by atoms with Crippen LogP contribution in [0.2, 0.25) is 5.02 Å². The molecule has 1 aromatic rings. The molecule has 0 radical (unpaired) electrons. The molecule has 1 unspecified atom stereocenters. The van der Waals surface area contributed by atoms with Crippen LogP contribution in [0.3, 0.4) is 0 Å². The zero-order valence-corrected chi connectivity index (χ0v) is 10.2. The van der Waals surface area contributed by atoms with Crippen LogP contribution in [0.15, 0.2) is 18.2 Å². The SMILES string of the molecule is Fc1cccc(CNCC2COCCO2)c1Cl. The Labute approximate surface area is 105 Å². The van der Waals surface area contributed by atoms with Crippen molar-refractivity contribution < 1.29 is 13.9 Å². The van der Waals surface area contributed by atoms with Crippen LogP contribution in [0.1, 0.15) is 5.56 Å². The fourth-order valence-electron chi connectivity index (χ4n) is 1.71. The monoisotopic (exact) mass is 259 g/mol. The van der Waals surface area contributed by atoms with Gasteiger partial charge in [0.05, 0.1) is 30.9 Å². The third-order valence-electron chi connectivity index (χ3n) is 2.60. The minimum absolute atomic E-state index is 0.0658. The zero-order chi connectivity index (χ0) is 12.1. The summed E-state index contributed by atoms with van der Waals surface area (Å²) < 4.78 is 23.9. The second kappa shape index (κ2) is 6.31. The number of nitrogens with one attached hydrogen (secondary N) is 1. The fourth-order valence-corrected chi connectivity index (χ4v) is 1.90. The van der Waals surface area contributed by atoms with Gasteiger partial charge in [0.2, 0.25) is 0 Å². The first-order chi connectivity index (χ1) is 8.27. The van der Waals surface area contributed by atoms with E-state index >= 15 is 0 Å². The normalized spacial score (nSPS) is 20.5. The largest absolute Gasteiger partial charge is 0.376 e. The lowest BCUT2D eigenvalue weighted by Gasteiger charge is -2.23. The predicted octanol–water partition coefficient (Wildman–Crippen LogP) is 1.98. The van der Waals surface area contributed by atoms with Gasteiger partial charge in [-0.15, -0.1) is 0 Å². The Bertz CT molecular complexity index is 370. The lowest BCUT2D eigenvalue weighted by atomic mass is 10.2. The van der Waals surface area contributed by atoms with Gasteiger partial charge < -0.3 is 14.8 Å². The van der Waals surface area contributed by atoms with Gasteiger partial charge in [0, 0.05) is 13.1 Å². The Kier molecular flexibility index (Phi) is 4.74. The van der Waals surface area contributed by atoms with E-state index in [1.807, 2.05) is 0 Å². The molecule has 5 heteroatoms. The van der Waals surface area contributed by atoms with Gasteiger partial charge in [0.25, 0.3) is 0 Å². The molecule has 0 saturated carbocycles. The van der Waals surface area contributed by atoms with Crippen LogP contribution in [0.4, 0.5) is 4.39 Å². The average Bonchev–Trinajstić information content (AvgIpc) is 2.36. The Balaban J connectivity index is 1.79. The van der Waals surface area contributed by atoms with Gasteiger partial charge in [-0.2, -0.15) is 0 Å². The maximum atomic E-state index is 13.2. The van der Waals surface area contributed by atoms with E-state index in [0.29, 0.717) is 32.9 Å². The summed E-state index contributed by atoms with van der Waals surface area (Å²) in [4.78, 5) is 0. The first-order valence-electron chi connectivity index (χ1n) is 5.60. The molecule has 0 spiro atoms. The fraction of sp³-hybridized carbons (Fsp3) is 0.500. The van der Waals surface area contributed by atoms with Crippen LogP contribution < -0.4 is 5.32 Å². The molecule has 0 amide bonds. The van der Waals surface area contributed by atoms with Crippen LogP contribution in [-0.2, 0) is 16.0 Å². The highest BCUT2D eigenvalue weighted by Crippen LogP contribution is 2.19. The van der Waals surface area contributed by atoms with E-state index in [-0.39, 0.29) is 16.9 Å². The van der Waals surface area contributed by atoms with Crippen LogP contribution in [0, 0.1) is 5.82 Å². The Morgan fingerprint density at radius 1 is 1.41 bits per heavy atom. The highest BCUT2D eigenvalue weighted by molar-refractivity contribution is 6.31. The molecular formula is C12H15ClFNO2. The second-order valence-electron chi connectivity index (χ2n) is 3.91. The Hall–Kier alpha value is -0.680. The molecule has 1 fully saturated rings. The number of hydrogen-bond acceptors (Lipinski definition) is 3. The minimum atomic E-state index is -0.386. The van der Waals surface area contributed by atoms with Crippen molar-refractivity contribution in [2.75, 3.05) is 26.4 Å². The number of halogens is 2. The summed E-state index contributed by atoms with van der Waals surface area (Å²) in [6, 6.07) is 4.80. The van der Waals surface area contributed by atoms with E-state index in [1.165, 1.54) is 6.07 Å². The van der Waals surface area contributed by atoms with E-state index in [4.69, 9.17) is 21.1 Å². The standard InChI is InChI=1S/C12H15ClFNO2/c13-12-9(2-1-3-11(12)14)6-15-7-10-8-16-4-5-17-10/h1-3,10,15H,4-8H2. The van der Waals surface area contributed by atoms with Gasteiger partial charge in [-0.25, -0.2) is 4.39 Å². The topological polar surface area (TPSA) is 30.5 Å². The molecule has 1 N–H and O–H groups in total. The second-order valence-corrected chi connectivity index (χ2v) is 4.29. The van der Waals surface area contributed by atoms with Crippen LogP contribution in [-0.4, -0.2) is 32.5 Å². The van der Waals surface area contributed by atoms with Gasteiger partial charge in [-0.05, 0) is 11.6 Å². The molecule has 1 aliphatic heterocycles. The van der Waals surface area contributed by atoms with E-state index in [1.54, 1.807) is 12.1 Å². The number of hydrogen-bond donors (Lipinski definition) is 1. The minimum Gasteiger partial charge on any atom is -0.376 e. The van der Waals surface area contributed by atoms with Gasteiger partial charge in [0.1, 0.15) is 5.82 Å². The number of ether oxygens (including phenoxy) is 2. The molecule has 3 nitrogen and oxygen atoms in total. The molecule has 17 heavy (non-hydrogen) atoms. The summed E-state index contributed by atoms with van der Waals surface area (Å²) in [5.41, 5.74) is 0.753. The Morgan fingerprint density at radius 3 is 3.06 bits per heavy atom. The third-order valence-corrected chi connectivity index (χ3v) is 3.03. The highest BCUT2D eigenvalue weighted by atomic mass is 35.5. The lowest BCUT2D eigenvalue weighted by molar-refractivity contribution is -0.0864. The average molecular weight is 260 g/mol. The molecule has 0 bridgehead atoms. The summed E-state index contributed by atoms with van der Waals surface area (Å²) in [5, 5.41) is 3.36. The molecule has 94 valence electrons. The van der Waals surface area contributed by atoms with Crippen LogP contribution in [0.25, 0.3) is 0 Å². The van der Waals surface area contributed by atoms with E-state index in [2.05, 4.69) is 5.32 Å². The maximum absolute atomic E-state index is 13.2. The molecule has 0 aliphatic carbocycles. The zero-order valence-electron chi connectivity index (χ0n) is 9.42. The highest BCUT2D eigenvalue weighted by Gasteiger charge is 2.13. The van der Waals surface area contributed by atoms with E-state index < -0.39 is 0 Å².